The third-order valence-corrected chi connectivity index (χ3v) is 5.47. The Bertz CT molecular complexity index is 584. The normalized spacial score (nSPS) is 21.8. The molecule has 0 aromatic heterocycles. The highest BCUT2D eigenvalue weighted by molar-refractivity contribution is 5.77. The fourth-order valence-corrected chi connectivity index (χ4v) is 3.92. The standard InChI is InChI=1S/C20H29FN2O3/c21-19-6-2-1-4-17(19)13-22-9-7-16(8-10-22)12-23(20(25)15-24)14-18-5-3-11-26-18/h1-2,4,6,16,18,24H,3,5,7-15H2/t18-/m0/s1. The Morgan fingerprint density at radius 2 is 2.00 bits per heavy atom. The number of nitrogens with zero attached hydrogens (tertiary/aromatic N) is 2. The SMILES string of the molecule is O=C(CO)N(CC1CCN(Cc2ccccc2F)CC1)C[C@@H]1CCCO1. The molecule has 1 N–H and O–H groups in total. The Morgan fingerprint density at radius 1 is 1.23 bits per heavy atom. The maximum Gasteiger partial charge on any atom is 0.248 e. The molecule has 0 unspecified atom stereocenters. The predicted molar refractivity (Wildman–Crippen MR) is 97.0 cm³/mol. The van der Waals surface area contributed by atoms with Gasteiger partial charge in [-0.2, -0.15) is 0 Å². The van der Waals surface area contributed by atoms with Gasteiger partial charge in [-0.25, -0.2) is 4.39 Å². The topological polar surface area (TPSA) is 53.0 Å². The number of amides is 1. The van der Waals surface area contributed by atoms with E-state index in [0.29, 0.717) is 25.6 Å². The first-order valence-corrected chi connectivity index (χ1v) is 9.61. The number of halogens is 1. The first-order chi connectivity index (χ1) is 12.7. The van der Waals surface area contributed by atoms with Gasteiger partial charge in [0.2, 0.25) is 5.91 Å². The van der Waals surface area contributed by atoms with Gasteiger partial charge in [0.05, 0.1) is 6.10 Å². The average Bonchev–Trinajstić information content (AvgIpc) is 3.17. The van der Waals surface area contributed by atoms with Crippen LogP contribution in [0.3, 0.4) is 0 Å². The van der Waals surface area contributed by atoms with E-state index < -0.39 is 6.61 Å². The van der Waals surface area contributed by atoms with Gasteiger partial charge in [0, 0.05) is 31.8 Å². The van der Waals surface area contributed by atoms with Crippen LogP contribution in [-0.4, -0.2) is 66.3 Å². The summed E-state index contributed by atoms with van der Waals surface area (Å²) in [6.07, 6.45) is 4.09. The van der Waals surface area contributed by atoms with Crippen LogP contribution in [0.5, 0.6) is 0 Å². The van der Waals surface area contributed by atoms with E-state index in [1.165, 1.54) is 6.07 Å². The molecule has 1 amide bonds. The van der Waals surface area contributed by atoms with Crippen LogP contribution in [0.4, 0.5) is 4.39 Å². The molecule has 1 aromatic rings. The van der Waals surface area contributed by atoms with Gasteiger partial charge in [-0.15, -0.1) is 0 Å². The van der Waals surface area contributed by atoms with Crippen LogP contribution in [0.1, 0.15) is 31.2 Å². The predicted octanol–water partition coefficient (Wildman–Crippen LogP) is 2.04. The van der Waals surface area contributed by atoms with E-state index in [9.17, 15) is 14.3 Å². The number of likely N-dealkylation sites (tertiary alicyclic amines) is 1. The van der Waals surface area contributed by atoms with Crippen molar-refractivity contribution in [2.75, 3.05) is 39.4 Å². The number of benzene rings is 1. The molecule has 2 heterocycles. The molecule has 2 aliphatic heterocycles. The van der Waals surface area contributed by atoms with Crippen LogP contribution in [0, 0.1) is 11.7 Å². The number of hydrogen-bond donors (Lipinski definition) is 1. The number of carbonyl (C=O) groups excluding carboxylic acids is 1. The number of rotatable bonds is 7. The molecule has 1 atom stereocenters. The van der Waals surface area contributed by atoms with Crippen LogP contribution < -0.4 is 0 Å². The van der Waals surface area contributed by atoms with Gasteiger partial charge in [-0.1, -0.05) is 18.2 Å². The van der Waals surface area contributed by atoms with Crippen molar-refractivity contribution in [2.45, 2.75) is 38.3 Å². The molecule has 0 radical (unpaired) electrons. The minimum atomic E-state index is -0.446. The minimum Gasteiger partial charge on any atom is -0.387 e. The van der Waals surface area contributed by atoms with Crippen molar-refractivity contribution in [1.29, 1.82) is 0 Å². The molecule has 2 saturated heterocycles. The Morgan fingerprint density at radius 3 is 2.65 bits per heavy atom. The molecule has 2 aliphatic rings. The molecule has 0 aliphatic carbocycles. The van der Waals surface area contributed by atoms with Crippen LogP contribution >= 0.6 is 0 Å². The Balaban J connectivity index is 1.48. The third-order valence-electron chi connectivity index (χ3n) is 5.47. The highest BCUT2D eigenvalue weighted by atomic mass is 19.1. The second-order valence-electron chi connectivity index (χ2n) is 7.40. The first-order valence-electron chi connectivity index (χ1n) is 9.61. The van der Waals surface area contributed by atoms with Gasteiger partial charge in [0.1, 0.15) is 12.4 Å². The molecule has 5 nitrogen and oxygen atoms in total. The second-order valence-corrected chi connectivity index (χ2v) is 7.40. The van der Waals surface area contributed by atoms with Gasteiger partial charge in [0.15, 0.2) is 0 Å². The molecular weight excluding hydrogens is 335 g/mol. The van der Waals surface area contributed by atoms with Gasteiger partial charge in [-0.05, 0) is 50.8 Å². The van der Waals surface area contributed by atoms with Gasteiger partial charge < -0.3 is 14.7 Å². The van der Waals surface area contributed by atoms with Crippen molar-refractivity contribution < 1.29 is 19.0 Å². The monoisotopic (exact) mass is 364 g/mol. The van der Waals surface area contributed by atoms with E-state index in [1.54, 1.807) is 11.0 Å². The summed E-state index contributed by atoms with van der Waals surface area (Å²) in [5.74, 6) is 0.0592. The van der Waals surface area contributed by atoms with Crippen LogP contribution in [0.25, 0.3) is 0 Å². The van der Waals surface area contributed by atoms with E-state index >= 15 is 0 Å². The Hall–Kier alpha value is -1.50. The van der Waals surface area contributed by atoms with Gasteiger partial charge in [0.25, 0.3) is 0 Å². The Labute approximate surface area is 154 Å². The van der Waals surface area contributed by atoms with Gasteiger partial charge in [-0.3, -0.25) is 9.69 Å². The van der Waals surface area contributed by atoms with E-state index in [2.05, 4.69) is 4.90 Å². The number of ether oxygens (including phenoxy) is 1. The van der Waals surface area contributed by atoms with Crippen molar-refractivity contribution in [3.8, 4) is 0 Å². The quantitative estimate of drug-likeness (QED) is 0.804. The van der Waals surface area contributed by atoms with E-state index in [1.807, 2.05) is 12.1 Å². The second kappa shape index (κ2) is 9.44. The number of carbonyl (C=O) groups is 1. The smallest absolute Gasteiger partial charge is 0.248 e. The van der Waals surface area contributed by atoms with Crippen molar-refractivity contribution in [1.82, 2.24) is 9.80 Å². The van der Waals surface area contributed by atoms with Crippen LogP contribution in [0.15, 0.2) is 24.3 Å². The summed E-state index contributed by atoms with van der Waals surface area (Å²) >= 11 is 0. The number of aliphatic hydroxyl groups excluding tert-OH is 1. The van der Waals surface area contributed by atoms with Crippen molar-refractivity contribution in [2.24, 2.45) is 5.92 Å². The zero-order valence-corrected chi connectivity index (χ0v) is 15.3. The fraction of sp³-hybridized carbons (Fsp3) is 0.650. The highest BCUT2D eigenvalue weighted by Gasteiger charge is 2.27. The maximum atomic E-state index is 13.8. The molecule has 0 spiro atoms. The number of piperidine rings is 1. The first kappa shape index (κ1) is 19.3. The number of hydrogen-bond acceptors (Lipinski definition) is 4. The van der Waals surface area contributed by atoms with Crippen LogP contribution in [0.2, 0.25) is 0 Å². The van der Waals surface area contributed by atoms with E-state index in [0.717, 1.165) is 50.9 Å². The molecular formula is C20H29FN2O3. The lowest BCUT2D eigenvalue weighted by Gasteiger charge is -2.35. The largest absolute Gasteiger partial charge is 0.387 e. The zero-order valence-electron chi connectivity index (χ0n) is 15.3. The van der Waals surface area contributed by atoms with Crippen molar-refractivity contribution in [3.05, 3.63) is 35.6 Å². The molecule has 26 heavy (non-hydrogen) atoms. The summed E-state index contributed by atoms with van der Waals surface area (Å²) in [6.45, 7) is 4.01. The van der Waals surface area contributed by atoms with E-state index in [-0.39, 0.29) is 17.8 Å². The highest BCUT2D eigenvalue weighted by Crippen LogP contribution is 2.22. The average molecular weight is 364 g/mol. The summed E-state index contributed by atoms with van der Waals surface area (Å²) in [5, 5.41) is 9.26. The minimum absolute atomic E-state index is 0.103. The fourth-order valence-electron chi connectivity index (χ4n) is 3.92. The lowest BCUT2D eigenvalue weighted by Crippen LogP contribution is -2.44. The summed E-state index contributed by atoms with van der Waals surface area (Å²) < 4.78 is 19.5. The molecule has 0 saturated carbocycles. The lowest BCUT2D eigenvalue weighted by atomic mass is 9.95. The van der Waals surface area contributed by atoms with Crippen LogP contribution in [-0.2, 0) is 16.1 Å². The summed E-state index contributed by atoms with van der Waals surface area (Å²) in [6, 6.07) is 6.93. The molecule has 1 aromatic carbocycles. The van der Waals surface area contributed by atoms with E-state index in [4.69, 9.17) is 4.74 Å². The van der Waals surface area contributed by atoms with Crippen molar-refractivity contribution in [3.63, 3.8) is 0 Å². The van der Waals surface area contributed by atoms with Gasteiger partial charge >= 0.3 is 0 Å². The van der Waals surface area contributed by atoms with Crippen molar-refractivity contribution >= 4 is 5.91 Å². The lowest BCUT2D eigenvalue weighted by molar-refractivity contribution is -0.136. The summed E-state index contributed by atoms with van der Waals surface area (Å²) in [7, 11) is 0. The molecule has 3 rings (SSSR count). The third kappa shape index (κ3) is 5.25. The summed E-state index contributed by atoms with van der Waals surface area (Å²) in [4.78, 5) is 16.1. The zero-order chi connectivity index (χ0) is 18.4. The summed E-state index contributed by atoms with van der Waals surface area (Å²) in [5.41, 5.74) is 0.737. The Kier molecular flexibility index (Phi) is 7.00. The number of aliphatic hydroxyl groups is 1. The molecule has 0 bridgehead atoms. The maximum absolute atomic E-state index is 13.8. The molecule has 6 heteroatoms. The molecule has 144 valence electrons. The molecule has 2 fully saturated rings.